The maximum absolute atomic E-state index is 12.7. The van der Waals surface area contributed by atoms with Gasteiger partial charge in [0.05, 0.1) is 21.4 Å². The van der Waals surface area contributed by atoms with E-state index < -0.39 is 28.0 Å². The van der Waals surface area contributed by atoms with Crippen LogP contribution in [-0.4, -0.2) is 49.5 Å². The van der Waals surface area contributed by atoms with E-state index in [4.69, 9.17) is 16.3 Å². The number of carbonyl (C=O) groups is 2. The van der Waals surface area contributed by atoms with Crippen LogP contribution in [0.1, 0.15) is 26.3 Å². The molecular weight excluding hydrogens is 472 g/mol. The van der Waals surface area contributed by atoms with Crippen molar-refractivity contribution in [2.24, 2.45) is 0 Å². The lowest BCUT2D eigenvalue weighted by atomic mass is 10.2. The van der Waals surface area contributed by atoms with Gasteiger partial charge in [-0.15, -0.1) is 11.8 Å². The molecule has 0 fully saturated rings. The number of aryl methyl sites for hydroxylation is 1. The molecule has 0 aliphatic carbocycles. The van der Waals surface area contributed by atoms with Gasteiger partial charge in [0.2, 0.25) is 10.0 Å². The monoisotopic (exact) mass is 498 g/mol. The molecule has 2 rings (SSSR count). The summed E-state index contributed by atoms with van der Waals surface area (Å²) in [7, 11) is -3.72. The fourth-order valence-electron chi connectivity index (χ4n) is 2.85. The second kappa shape index (κ2) is 11.7. The van der Waals surface area contributed by atoms with Crippen molar-refractivity contribution in [1.29, 1.82) is 0 Å². The van der Waals surface area contributed by atoms with Gasteiger partial charge in [-0.05, 0) is 43.7 Å². The van der Waals surface area contributed by atoms with E-state index in [9.17, 15) is 18.0 Å². The normalized spacial score (nSPS) is 12.4. The van der Waals surface area contributed by atoms with Crippen molar-refractivity contribution in [2.75, 3.05) is 24.2 Å². The van der Waals surface area contributed by atoms with Crippen LogP contribution in [0.2, 0.25) is 5.02 Å². The molecule has 0 radical (unpaired) electrons. The Balaban J connectivity index is 2.03. The van der Waals surface area contributed by atoms with E-state index in [1.165, 1.54) is 41.2 Å². The number of hydrogen-bond acceptors (Lipinski definition) is 6. The van der Waals surface area contributed by atoms with Crippen LogP contribution in [0, 0.1) is 6.92 Å². The molecule has 1 atom stereocenters. The number of ether oxygens (including phenoxy) is 1. The lowest BCUT2D eigenvalue weighted by molar-refractivity contribution is -0.150. The Labute approximate surface area is 198 Å². The minimum absolute atomic E-state index is 0.0141. The van der Waals surface area contributed by atoms with Gasteiger partial charge < -0.3 is 10.1 Å². The molecule has 7 nitrogen and oxygen atoms in total. The number of thioether (sulfide) groups is 1. The van der Waals surface area contributed by atoms with E-state index in [0.717, 1.165) is 10.5 Å². The summed E-state index contributed by atoms with van der Waals surface area (Å²) in [6.07, 6.45) is -1.08. The lowest BCUT2D eigenvalue weighted by Crippen LogP contribution is -2.31. The molecule has 2 aromatic carbocycles. The minimum atomic E-state index is -3.72. The third-order valence-electron chi connectivity index (χ3n) is 4.66. The number of sulfonamides is 1. The Morgan fingerprint density at radius 2 is 1.81 bits per heavy atom. The predicted molar refractivity (Wildman–Crippen MR) is 128 cm³/mol. The van der Waals surface area contributed by atoms with Crippen molar-refractivity contribution in [3.63, 3.8) is 0 Å². The van der Waals surface area contributed by atoms with Gasteiger partial charge in [-0.3, -0.25) is 9.59 Å². The van der Waals surface area contributed by atoms with Crippen LogP contribution in [0.25, 0.3) is 0 Å². The number of halogens is 1. The van der Waals surface area contributed by atoms with E-state index in [0.29, 0.717) is 13.1 Å². The summed E-state index contributed by atoms with van der Waals surface area (Å²) in [6.45, 7) is 7.51. The molecule has 0 aliphatic rings. The minimum Gasteiger partial charge on any atom is -0.452 e. The first-order valence-electron chi connectivity index (χ1n) is 10.1. The predicted octanol–water partition coefficient (Wildman–Crippen LogP) is 4.34. The van der Waals surface area contributed by atoms with E-state index in [2.05, 4.69) is 5.32 Å². The quantitative estimate of drug-likeness (QED) is 0.387. The van der Waals surface area contributed by atoms with E-state index >= 15 is 0 Å². The molecule has 0 aromatic heterocycles. The van der Waals surface area contributed by atoms with Crippen molar-refractivity contribution >= 4 is 50.9 Å². The van der Waals surface area contributed by atoms with Crippen LogP contribution in [-0.2, 0) is 24.3 Å². The zero-order chi connectivity index (χ0) is 23.9. The second-order valence-electron chi connectivity index (χ2n) is 6.91. The molecule has 0 aliphatic heterocycles. The molecule has 10 heteroatoms. The Kier molecular flexibility index (Phi) is 9.57. The van der Waals surface area contributed by atoms with Crippen molar-refractivity contribution in [1.82, 2.24) is 4.31 Å². The largest absolute Gasteiger partial charge is 0.452 e. The molecule has 1 unspecified atom stereocenters. The summed E-state index contributed by atoms with van der Waals surface area (Å²) in [6, 6.07) is 11.7. The molecule has 0 spiro atoms. The number of nitrogens with zero attached hydrogens (tertiary/aromatic N) is 1. The number of esters is 1. The smallest absolute Gasteiger partial charge is 0.317 e. The van der Waals surface area contributed by atoms with E-state index in [1.807, 2.05) is 31.2 Å². The maximum atomic E-state index is 12.7. The van der Waals surface area contributed by atoms with Gasteiger partial charge in [0.15, 0.2) is 6.10 Å². The van der Waals surface area contributed by atoms with Crippen LogP contribution >= 0.6 is 23.4 Å². The lowest BCUT2D eigenvalue weighted by Gasteiger charge is -2.19. The highest BCUT2D eigenvalue weighted by Gasteiger charge is 2.24. The number of benzene rings is 2. The van der Waals surface area contributed by atoms with Gasteiger partial charge in [0.1, 0.15) is 0 Å². The molecule has 1 amide bonds. The Hall–Kier alpha value is -2.07. The van der Waals surface area contributed by atoms with Crippen LogP contribution in [0.3, 0.4) is 0 Å². The number of anilines is 1. The standard InChI is InChI=1S/C22H27ClN2O5S2/c1-5-25(6-2)32(28,29)17-11-12-18(23)19(13-17)24-22(27)16(4)30-21(26)14-31-20-10-8-7-9-15(20)3/h7-13,16H,5-6,14H2,1-4H3,(H,24,27). The molecule has 2 aromatic rings. The summed E-state index contributed by atoms with van der Waals surface area (Å²) < 4.78 is 32.0. The number of amides is 1. The van der Waals surface area contributed by atoms with Gasteiger partial charge in [0, 0.05) is 18.0 Å². The van der Waals surface area contributed by atoms with Gasteiger partial charge >= 0.3 is 5.97 Å². The van der Waals surface area contributed by atoms with Gasteiger partial charge in [0.25, 0.3) is 5.91 Å². The molecule has 174 valence electrons. The average molecular weight is 499 g/mol. The van der Waals surface area contributed by atoms with Crippen LogP contribution in [0.4, 0.5) is 5.69 Å². The van der Waals surface area contributed by atoms with Crippen molar-refractivity contribution in [3.05, 3.63) is 53.1 Å². The highest BCUT2D eigenvalue weighted by molar-refractivity contribution is 8.00. The Bertz CT molecular complexity index is 1070. The zero-order valence-corrected chi connectivity index (χ0v) is 20.8. The third kappa shape index (κ3) is 6.71. The maximum Gasteiger partial charge on any atom is 0.317 e. The molecule has 1 N–H and O–H groups in total. The fraction of sp³-hybridized carbons (Fsp3) is 0.364. The van der Waals surface area contributed by atoms with Gasteiger partial charge in [-0.2, -0.15) is 4.31 Å². The third-order valence-corrected chi connectivity index (χ3v) is 8.18. The molecule has 0 heterocycles. The average Bonchev–Trinajstić information content (AvgIpc) is 2.75. The van der Waals surface area contributed by atoms with E-state index in [1.54, 1.807) is 13.8 Å². The summed E-state index contributed by atoms with van der Waals surface area (Å²) in [4.78, 5) is 25.6. The molecule has 0 saturated heterocycles. The number of nitrogens with one attached hydrogen (secondary N) is 1. The highest BCUT2D eigenvalue weighted by Crippen LogP contribution is 2.27. The van der Waals surface area contributed by atoms with Crippen molar-refractivity contribution in [3.8, 4) is 0 Å². The summed E-state index contributed by atoms with van der Waals surface area (Å²) in [5.74, 6) is -1.09. The van der Waals surface area contributed by atoms with Crippen LogP contribution in [0.15, 0.2) is 52.3 Å². The van der Waals surface area contributed by atoms with Crippen molar-refractivity contribution < 1.29 is 22.7 Å². The van der Waals surface area contributed by atoms with E-state index in [-0.39, 0.29) is 21.4 Å². The number of carbonyl (C=O) groups excluding carboxylic acids is 2. The fourth-order valence-corrected chi connectivity index (χ4v) is 5.31. The Morgan fingerprint density at radius 1 is 1.16 bits per heavy atom. The summed E-state index contributed by atoms with van der Waals surface area (Å²) >= 11 is 7.47. The molecule has 0 saturated carbocycles. The Morgan fingerprint density at radius 3 is 2.44 bits per heavy atom. The van der Waals surface area contributed by atoms with Crippen LogP contribution in [0.5, 0.6) is 0 Å². The van der Waals surface area contributed by atoms with Gasteiger partial charge in [-0.1, -0.05) is 43.6 Å². The first-order chi connectivity index (χ1) is 15.1. The topological polar surface area (TPSA) is 92.8 Å². The molecular formula is C22H27ClN2O5S2. The summed E-state index contributed by atoms with van der Waals surface area (Å²) in [5, 5.41) is 2.72. The number of rotatable bonds is 10. The number of hydrogen-bond donors (Lipinski definition) is 1. The SMILES string of the molecule is CCN(CC)S(=O)(=O)c1ccc(Cl)c(NC(=O)C(C)OC(=O)CSc2ccccc2C)c1. The van der Waals surface area contributed by atoms with Gasteiger partial charge in [-0.25, -0.2) is 8.42 Å². The van der Waals surface area contributed by atoms with Crippen LogP contribution < -0.4 is 5.32 Å². The summed E-state index contributed by atoms with van der Waals surface area (Å²) in [5.41, 5.74) is 1.17. The molecule has 0 bridgehead atoms. The van der Waals surface area contributed by atoms with Crippen molar-refractivity contribution in [2.45, 2.75) is 43.6 Å². The second-order valence-corrected chi connectivity index (χ2v) is 10.3. The zero-order valence-electron chi connectivity index (χ0n) is 18.4. The molecule has 32 heavy (non-hydrogen) atoms. The first kappa shape index (κ1) is 26.2. The first-order valence-corrected chi connectivity index (χ1v) is 12.9. The highest BCUT2D eigenvalue weighted by atomic mass is 35.5.